The summed E-state index contributed by atoms with van der Waals surface area (Å²) < 4.78 is 27.7. The number of halogens is 2. The highest BCUT2D eigenvalue weighted by atomic mass is 19.1. The zero-order valence-corrected chi connectivity index (χ0v) is 17.2. The fraction of sp³-hybridized carbons (Fsp3) is 0.320. The smallest absolute Gasteiger partial charge is 0.159 e. The molecule has 0 unspecified atom stereocenters. The zero-order valence-electron chi connectivity index (χ0n) is 17.2. The fourth-order valence-electron chi connectivity index (χ4n) is 3.41. The molecule has 3 nitrogen and oxygen atoms in total. The minimum Gasteiger partial charge on any atom is -0.236 e. The maximum Gasteiger partial charge on any atom is 0.159 e. The van der Waals surface area contributed by atoms with Crippen molar-refractivity contribution in [2.45, 2.75) is 51.9 Å². The number of nitriles is 1. The van der Waals surface area contributed by atoms with Crippen LogP contribution in [0, 0.1) is 23.0 Å². The molecule has 0 aliphatic heterocycles. The Labute approximate surface area is 176 Å². The highest BCUT2D eigenvalue weighted by Crippen LogP contribution is 2.24. The van der Waals surface area contributed by atoms with Gasteiger partial charge in [-0.1, -0.05) is 63.3 Å². The standard InChI is InChI=1S/C25H25F2N3/c1-2-3-4-5-6-7-8-18-9-11-19(12-10-18)21-16-29-25(30-17-21)20-13-23(26)22(15-28)24(27)14-20/h9-14,16-17H,2-8H2,1H3. The van der Waals surface area contributed by atoms with Crippen LogP contribution in [-0.4, -0.2) is 9.97 Å². The Morgan fingerprint density at radius 2 is 1.40 bits per heavy atom. The van der Waals surface area contributed by atoms with Gasteiger partial charge in [-0.05, 0) is 36.1 Å². The number of nitrogens with zero attached hydrogens (tertiary/aromatic N) is 3. The molecule has 1 heterocycles. The molecule has 3 rings (SSSR count). The van der Waals surface area contributed by atoms with E-state index in [1.54, 1.807) is 12.4 Å². The molecule has 0 amide bonds. The van der Waals surface area contributed by atoms with E-state index >= 15 is 0 Å². The van der Waals surface area contributed by atoms with Gasteiger partial charge in [0.15, 0.2) is 5.82 Å². The predicted molar refractivity (Wildman–Crippen MR) is 115 cm³/mol. The fourth-order valence-corrected chi connectivity index (χ4v) is 3.41. The molecule has 5 heteroatoms. The zero-order chi connectivity index (χ0) is 21.3. The summed E-state index contributed by atoms with van der Waals surface area (Å²) in [4.78, 5) is 8.49. The second-order valence-corrected chi connectivity index (χ2v) is 7.44. The van der Waals surface area contributed by atoms with Gasteiger partial charge in [-0.15, -0.1) is 0 Å². The van der Waals surface area contributed by atoms with Crippen molar-refractivity contribution in [2.24, 2.45) is 0 Å². The van der Waals surface area contributed by atoms with E-state index in [9.17, 15) is 8.78 Å². The molecule has 0 bridgehead atoms. The molecule has 0 saturated heterocycles. The van der Waals surface area contributed by atoms with E-state index in [1.807, 2.05) is 12.1 Å². The highest BCUT2D eigenvalue weighted by Gasteiger charge is 2.13. The average molecular weight is 405 g/mol. The molecule has 0 radical (unpaired) electrons. The minimum atomic E-state index is -0.916. The number of aryl methyl sites for hydroxylation is 1. The topological polar surface area (TPSA) is 49.6 Å². The summed E-state index contributed by atoms with van der Waals surface area (Å²) in [6.45, 7) is 2.23. The van der Waals surface area contributed by atoms with Crippen molar-refractivity contribution in [1.82, 2.24) is 9.97 Å². The summed E-state index contributed by atoms with van der Waals surface area (Å²) in [5.74, 6) is -1.62. The maximum absolute atomic E-state index is 13.8. The molecule has 0 spiro atoms. The van der Waals surface area contributed by atoms with Gasteiger partial charge in [-0.25, -0.2) is 18.7 Å². The van der Waals surface area contributed by atoms with Gasteiger partial charge in [0.05, 0.1) is 0 Å². The molecule has 154 valence electrons. The third-order valence-corrected chi connectivity index (χ3v) is 5.17. The summed E-state index contributed by atoms with van der Waals surface area (Å²) in [6.07, 6.45) is 12.1. The van der Waals surface area contributed by atoms with Crippen molar-refractivity contribution in [3.05, 3.63) is 71.6 Å². The summed E-state index contributed by atoms with van der Waals surface area (Å²) in [6, 6.07) is 12.0. The van der Waals surface area contributed by atoms with E-state index in [1.165, 1.54) is 50.2 Å². The van der Waals surface area contributed by atoms with Crippen LogP contribution in [0.5, 0.6) is 0 Å². The van der Waals surface area contributed by atoms with Crippen LogP contribution < -0.4 is 0 Å². The van der Waals surface area contributed by atoms with Crippen LogP contribution in [0.15, 0.2) is 48.8 Å². The molecule has 3 aromatic rings. The Morgan fingerprint density at radius 3 is 2.00 bits per heavy atom. The van der Waals surface area contributed by atoms with E-state index in [0.29, 0.717) is 0 Å². The molecule has 0 saturated carbocycles. The molecular formula is C25H25F2N3. The molecule has 0 fully saturated rings. The van der Waals surface area contributed by atoms with Crippen molar-refractivity contribution in [3.8, 4) is 28.6 Å². The molecule has 1 aromatic heterocycles. The van der Waals surface area contributed by atoms with E-state index in [-0.39, 0.29) is 11.4 Å². The Morgan fingerprint density at radius 1 is 0.800 bits per heavy atom. The molecule has 0 aliphatic carbocycles. The second-order valence-electron chi connectivity index (χ2n) is 7.44. The van der Waals surface area contributed by atoms with E-state index in [2.05, 4.69) is 29.0 Å². The molecule has 2 aromatic carbocycles. The van der Waals surface area contributed by atoms with Gasteiger partial charge in [0.2, 0.25) is 0 Å². The lowest BCUT2D eigenvalue weighted by Crippen LogP contribution is -1.95. The summed E-state index contributed by atoms with van der Waals surface area (Å²) in [5.41, 5.74) is 2.74. The first kappa shape index (κ1) is 21.6. The minimum absolute atomic E-state index is 0.199. The number of rotatable bonds is 9. The van der Waals surface area contributed by atoms with E-state index in [0.717, 1.165) is 29.7 Å². The van der Waals surface area contributed by atoms with Crippen LogP contribution in [0.2, 0.25) is 0 Å². The number of hydrogen-bond donors (Lipinski definition) is 0. The van der Waals surface area contributed by atoms with Gasteiger partial charge in [0.25, 0.3) is 0 Å². The highest BCUT2D eigenvalue weighted by molar-refractivity contribution is 5.64. The summed E-state index contributed by atoms with van der Waals surface area (Å²) in [5, 5.41) is 8.77. The van der Waals surface area contributed by atoms with Crippen molar-refractivity contribution in [2.75, 3.05) is 0 Å². The van der Waals surface area contributed by atoms with Crippen LogP contribution in [0.25, 0.3) is 22.5 Å². The van der Waals surface area contributed by atoms with Gasteiger partial charge >= 0.3 is 0 Å². The monoisotopic (exact) mass is 405 g/mol. The van der Waals surface area contributed by atoms with Crippen molar-refractivity contribution in [1.29, 1.82) is 5.26 Å². The van der Waals surface area contributed by atoms with Crippen LogP contribution in [-0.2, 0) is 6.42 Å². The second kappa shape index (κ2) is 10.6. The van der Waals surface area contributed by atoms with Crippen LogP contribution in [0.3, 0.4) is 0 Å². The summed E-state index contributed by atoms with van der Waals surface area (Å²) >= 11 is 0. The lowest BCUT2D eigenvalue weighted by Gasteiger charge is -2.06. The van der Waals surface area contributed by atoms with Crippen LogP contribution in [0.1, 0.15) is 56.6 Å². The molecule has 0 aliphatic rings. The quantitative estimate of drug-likeness (QED) is 0.365. The van der Waals surface area contributed by atoms with Crippen molar-refractivity contribution < 1.29 is 8.78 Å². The molecule has 30 heavy (non-hydrogen) atoms. The van der Waals surface area contributed by atoms with Gasteiger partial charge < -0.3 is 0 Å². The average Bonchev–Trinajstić information content (AvgIpc) is 2.76. The van der Waals surface area contributed by atoms with Gasteiger partial charge in [-0.2, -0.15) is 5.26 Å². The first-order chi connectivity index (χ1) is 14.6. The molecular weight excluding hydrogens is 380 g/mol. The van der Waals surface area contributed by atoms with Gasteiger partial charge in [-0.3, -0.25) is 0 Å². The van der Waals surface area contributed by atoms with E-state index in [4.69, 9.17) is 5.26 Å². The Hall–Kier alpha value is -3.13. The van der Waals surface area contributed by atoms with Crippen LogP contribution >= 0.6 is 0 Å². The molecule has 0 N–H and O–H groups in total. The SMILES string of the molecule is CCCCCCCCc1ccc(-c2cnc(-c3cc(F)c(C#N)c(F)c3)nc2)cc1. The third kappa shape index (κ3) is 5.48. The lowest BCUT2D eigenvalue weighted by molar-refractivity contribution is 0.577. The first-order valence-electron chi connectivity index (χ1n) is 10.4. The Bertz CT molecular complexity index is 983. The maximum atomic E-state index is 13.8. The summed E-state index contributed by atoms with van der Waals surface area (Å²) in [7, 11) is 0. The number of hydrogen-bond acceptors (Lipinski definition) is 3. The Kier molecular flexibility index (Phi) is 7.62. The predicted octanol–water partition coefficient (Wildman–Crippen LogP) is 6.86. The van der Waals surface area contributed by atoms with Gasteiger partial charge in [0.1, 0.15) is 23.3 Å². The number of benzene rings is 2. The number of unbranched alkanes of at least 4 members (excludes halogenated alkanes) is 5. The van der Waals surface area contributed by atoms with E-state index < -0.39 is 17.2 Å². The normalized spacial score (nSPS) is 10.7. The van der Waals surface area contributed by atoms with Crippen molar-refractivity contribution >= 4 is 0 Å². The van der Waals surface area contributed by atoms with Crippen molar-refractivity contribution in [3.63, 3.8) is 0 Å². The van der Waals surface area contributed by atoms with Crippen LogP contribution in [0.4, 0.5) is 8.78 Å². The molecule has 0 atom stereocenters. The number of aromatic nitrogens is 2. The third-order valence-electron chi connectivity index (χ3n) is 5.17. The van der Waals surface area contributed by atoms with Gasteiger partial charge in [0, 0.05) is 23.5 Å². The largest absolute Gasteiger partial charge is 0.236 e. The first-order valence-corrected chi connectivity index (χ1v) is 10.4. The Balaban J connectivity index is 1.63. The lowest BCUT2D eigenvalue weighted by atomic mass is 10.0.